The maximum atomic E-state index is 11.2. The highest BCUT2D eigenvalue weighted by Crippen LogP contribution is 2.22. The zero-order chi connectivity index (χ0) is 12.3. The molecule has 2 N–H and O–H groups in total. The molecule has 0 spiro atoms. The molecule has 1 aromatic carbocycles. The number of non-ortho nitro benzene ring substituents is 1. The SMILES string of the molecule is CCCc1cc([N+](=O)[O-])ccc1S(N)(=O)=O. The summed E-state index contributed by atoms with van der Waals surface area (Å²) in [7, 11) is -3.82. The molecule has 0 fully saturated rings. The molecule has 0 radical (unpaired) electrons. The summed E-state index contributed by atoms with van der Waals surface area (Å²) in [6.07, 6.45) is 1.12. The van der Waals surface area contributed by atoms with E-state index in [0.29, 0.717) is 18.4 Å². The van der Waals surface area contributed by atoms with Gasteiger partial charge in [0.1, 0.15) is 0 Å². The number of nitro benzene ring substituents is 1. The van der Waals surface area contributed by atoms with Gasteiger partial charge in [-0.2, -0.15) is 0 Å². The molecule has 0 aliphatic heterocycles. The normalized spacial score (nSPS) is 11.4. The Kier molecular flexibility index (Phi) is 3.61. The third kappa shape index (κ3) is 2.77. The summed E-state index contributed by atoms with van der Waals surface area (Å²) in [6.45, 7) is 1.85. The lowest BCUT2D eigenvalue weighted by molar-refractivity contribution is -0.385. The number of rotatable bonds is 4. The molecule has 1 aromatic rings. The molecule has 88 valence electrons. The predicted molar refractivity (Wildman–Crippen MR) is 58.5 cm³/mol. The van der Waals surface area contributed by atoms with E-state index in [4.69, 9.17) is 5.14 Å². The van der Waals surface area contributed by atoms with Gasteiger partial charge in [-0.05, 0) is 18.1 Å². The lowest BCUT2D eigenvalue weighted by atomic mass is 10.1. The topological polar surface area (TPSA) is 103 Å². The summed E-state index contributed by atoms with van der Waals surface area (Å²) < 4.78 is 22.4. The van der Waals surface area contributed by atoms with Crippen molar-refractivity contribution in [2.45, 2.75) is 24.7 Å². The van der Waals surface area contributed by atoms with Crippen molar-refractivity contribution in [1.82, 2.24) is 0 Å². The second-order valence-corrected chi connectivity index (χ2v) is 4.87. The highest BCUT2D eigenvalue weighted by molar-refractivity contribution is 7.89. The minimum absolute atomic E-state index is 0.0417. The molecule has 0 amide bonds. The number of hydrogen-bond acceptors (Lipinski definition) is 4. The second-order valence-electron chi connectivity index (χ2n) is 3.34. The summed E-state index contributed by atoms with van der Waals surface area (Å²) in [5.41, 5.74) is 0.259. The van der Waals surface area contributed by atoms with E-state index >= 15 is 0 Å². The molecule has 0 atom stereocenters. The van der Waals surface area contributed by atoms with Crippen molar-refractivity contribution < 1.29 is 13.3 Å². The zero-order valence-corrected chi connectivity index (χ0v) is 9.53. The Hall–Kier alpha value is -1.47. The first kappa shape index (κ1) is 12.6. The fourth-order valence-corrected chi connectivity index (χ4v) is 2.21. The number of nitrogens with zero attached hydrogens (tertiary/aromatic N) is 1. The molecule has 0 aliphatic rings. The van der Waals surface area contributed by atoms with Gasteiger partial charge in [-0.1, -0.05) is 13.3 Å². The van der Waals surface area contributed by atoms with E-state index in [9.17, 15) is 18.5 Å². The lowest BCUT2D eigenvalue weighted by Crippen LogP contribution is -2.14. The highest BCUT2D eigenvalue weighted by Gasteiger charge is 2.17. The van der Waals surface area contributed by atoms with Crippen LogP contribution in [-0.2, 0) is 16.4 Å². The van der Waals surface area contributed by atoms with Crippen molar-refractivity contribution in [2.75, 3.05) is 0 Å². The van der Waals surface area contributed by atoms with Gasteiger partial charge in [0.25, 0.3) is 5.69 Å². The number of benzene rings is 1. The molecule has 0 aromatic heterocycles. The molecule has 7 heteroatoms. The van der Waals surface area contributed by atoms with E-state index in [-0.39, 0.29) is 10.6 Å². The van der Waals surface area contributed by atoms with Gasteiger partial charge in [0.15, 0.2) is 0 Å². The quantitative estimate of drug-likeness (QED) is 0.634. The maximum absolute atomic E-state index is 11.2. The molecular weight excluding hydrogens is 232 g/mol. The first-order valence-electron chi connectivity index (χ1n) is 4.66. The van der Waals surface area contributed by atoms with Crippen LogP contribution >= 0.6 is 0 Å². The maximum Gasteiger partial charge on any atom is 0.269 e. The van der Waals surface area contributed by atoms with E-state index in [1.807, 2.05) is 6.92 Å². The van der Waals surface area contributed by atoms with E-state index < -0.39 is 14.9 Å². The van der Waals surface area contributed by atoms with Crippen LogP contribution in [0.25, 0.3) is 0 Å². The van der Waals surface area contributed by atoms with E-state index in [1.54, 1.807) is 0 Å². The van der Waals surface area contributed by atoms with Crippen LogP contribution in [0.4, 0.5) is 5.69 Å². The van der Waals surface area contributed by atoms with Crippen molar-refractivity contribution in [1.29, 1.82) is 0 Å². The van der Waals surface area contributed by atoms with Gasteiger partial charge in [-0.3, -0.25) is 10.1 Å². The molecule has 0 unspecified atom stereocenters. The minimum atomic E-state index is -3.82. The molecule has 16 heavy (non-hydrogen) atoms. The largest absolute Gasteiger partial charge is 0.269 e. The molecule has 1 rings (SSSR count). The van der Waals surface area contributed by atoms with Gasteiger partial charge in [0.2, 0.25) is 10.0 Å². The molecule has 0 bridgehead atoms. The van der Waals surface area contributed by atoms with Crippen molar-refractivity contribution in [3.05, 3.63) is 33.9 Å². The number of primary sulfonamides is 1. The zero-order valence-electron chi connectivity index (χ0n) is 8.71. The molecular formula is C9H12N2O4S. The number of sulfonamides is 1. The first-order valence-corrected chi connectivity index (χ1v) is 6.21. The smallest absolute Gasteiger partial charge is 0.258 e. The summed E-state index contributed by atoms with van der Waals surface area (Å²) in [4.78, 5) is 9.94. The van der Waals surface area contributed by atoms with Crippen LogP contribution in [0.1, 0.15) is 18.9 Å². The second kappa shape index (κ2) is 4.58. The molecule has 0 heterocycles. The van der Waals surface area contributed by atoms with Gasteiger partial charge in [-0.25, -0.2) is 13.6 Å². The third-order valence-corrected chi connectivity index (χ3v) is 3.09. The predicted octanol–water partition coefficient (Wildman–Crippen LogP) is 1.19. The Balaban J connectivity index is 3.36. The van der Waals surface area contributed by atoms with Crippen LogP contribution in [0.3, 0.4) is 0 Å². The Labute approximate surface area is 93.3 Å². The van der Waals surface area contributed by atoms with E-state index in [1.165, 1.54) is 12.1 Å². The van der Waals surface area contributed by atoms with Crippen LogP contribution in [-0.4, -0.2) is 13.3 Å². The summed E-state index contributed by atoms with van der Waals surface area (Å²) in [5, 5.41) is 15.6. The van der Waals surface area contributed by atoms with Crippen molar-refractivity contribution in [2.24, 2.45) is 5.14 Å². The third-order valence-electron chi connectivity index (χ3n) is 2.08. The van der Waals surface area contributed by atoms with Gasteiger partial charge in [0.05, 0.1) is 9.82 Å². The Bertz CT molecular complexity index is 510. The van der Waals surface area contributed by atoms with Gasteiger partial charge < -0.3 is 0 Å². The van der Waals surface area contributed by atoms with E-state index in [0.717, 1.165) is 6.07 Å². The van der Waals surface area contributed by atoms with E-state index in [2.05, 4.69) is 0 Å². The Morgan fingerprint density at radius 2 is 2.06 bits per heavy atom. The minimum Gasteiger partial charge on any atom is -0.258 e. The average Bonchev–Trinajstić information content (AvgIpc) is 2.16. The molecule has 6 nitrogen and oxygen atoms in total. The number of nitro groups is 1. The highest BCUT2D eigenvalue weighted by atomic mass is 32.2. The molecule has 0 saturated carbocycles. The number of hydrogen-bond donors (Lipinski definition) is 1. The Morgan fingerprint density at radius 1 is 1.44 bits per heavy atom. The fraction of sp³-hybridized carbons (Fsp3) is 0.333. The molecule has 0 saturated heterocycles. The standard InChI is InChI=1S/C9H12N2O4S/c1-2-3-7-6-8(11(12)13)4-5-9(7)16(10,14)15/h4-6H,2-3H2,1H3,(H2,10,14,15). The monoisotopic (exact) mass is 244 g/mol. The summed E-state index contributed by atoms with van der Waals surface area (Å²) >= 11 is 0. The van der Waals surface area contributed by atoms with Crippen LogP contribution in [0, 0.1) is 10.1 Å². The fourth-order valence-electron chi connectivity index (χ4n) is 1.42. The van der Waals surface area contributed by atoms with Crippen LogP contribution in [0.15, 0.2) is 23.1 Å². The van der Waals surface area contributed by atoms with Gasteiger partial charge in [-0.15, -0.1) is 0 Å². The number of nitrogens with two attached hydrogens (primary N) is 1. The van der Waals surface area contributed by atoms with Crippen LogP contribution in [0.5, 0.6) is 0 Å². The average molecular weight is 244 g/mol. The van der Waals surface area contributed by atoms with Crippen LogP contribution in [0.2, 0.25) is 0 Å². The van der Waals surface area contributed by atoms with Crippen molar-refractivity contribution in [3.63, 3.8) is 0 Å². The summed E-state index contributed by atoms with van der Waals surface area (Å²) in [5.74, 6) is 0. The van der Waals surface area contributed by atoms with Gasteiger partial charge in [0, 0.05) is 12.1 Å². The molecule has 0 aliphatic carbocycles. The first-order chi connectivity index (χ1) is 7.36. The van der Waals surface area contributed by atoms with Crippen LogP contribution < -0.4 is 5.14 Å². The number of aryl methyl sites for hydroxylation is 1. The van der Waals surface area contributed by atoms with Crippen molar-refractivity contribution in [3.8, 4) is 0 Å². The Morgan fingerprint density at radius 3 is 2.50 bits per heavy atom. The van der Waals surface area contributed by atoms with Crippen molar-refractivity contribution >= 4 is 15.7 Å². The summed E-state index contributed by atoms with van der Waals surface area (Å²) in [6, 6.07) is 3.57. The lowest BCUT2D eigenvalue weighted by Gasteiger charge is -2.05. The van der Waals surface area contributed by atoms with Gasteiger partial charge >= 0.3 is 0 Å².